The Balaban J connectivity index is 1.27. The number of nitrogens with zero attached hydrogens (tertiary/aromatic N) is 3. The molecule has 1 aliphatic carbocycles. The van der Waals surface area contributed by atoms with Crippen molar-refractivity contribution in [2.24, 2.45) is 5.92 Å². The molecule has 1 aromatic rings. The molecule has 0 spiro atoms. The number of nitrogens with one attached hydrogen (secondary N) is 1. The zero-order valence-electron chi connectivity index (χ0n) is 17.3. The van der Waals surface area contributed by atoms with Crippen molar-refractivity contribution in [1.82, 2.24) is 20.0 Å². The fourth-order valence-electron chi connectivity index (χ4n) is 4.34. The van der Waals surface area contributed by atoms with E-state index in [1.165, 1.54) is 16.0 Å². The van der Waals surface area contributed by atoms with Crippen molar-refractivity contribution in [2.45, 2.75) is 51.6 Å². The molecular weight excluding hydrogens is 352 g/mol. The van der Waals surface area contributed by atoms with Crippen LogP contribution < -0.4 is 5.32 Å². The molecule has 6 heteroatoms. The highest BCUT2D eigenvalue weighted by Gasteiger charge is 2.56. The third-order valence-electron chi connectivity index (χ3n) is 6.55. The van der Waals surface area contributed by atoms with Crippen LogP contribution in [-0.4, -0.2) is 65.0 Å². The molecular formula is C22H32N4O2. The third-order valence-corrected chi connectivity index (χ3v) is 6.55. The first-order valence-electron chi connectivity index (χ1n) is 10.5. The molecule has 2 aliphatic heterocycles. The molecule has 0 radical (unpaired) electrons. The predicted molar refractivity (Wildman–Crippen MR) is 109 cm³/mol. The topological polar surface area (TPSA) is 55.9 Å². The van der Waals surface area contributed by atoms with Gasteiger partial charge in [-0.1, -0.05) is 38.1 Å². The maximum Gasteiger partial charge on any atom is 0.326 e. The summed E-state index contributed by atoms with van der Waals surface area (Å²) < 4.78 is 0. The van der Waals surface area contributed by atoms with Crippen LogP contribution in [0, 0.1) is 5.92 Å². The van der Waals surface area contributed by atoms with Crippen molar-refractivity contribution < 1.29 is 9.59 Å². The fourth-order valence-corrected chi connectivity index (χ4v) is 4.34. The minimum absolute atomic E-state index is 0.0485. The summed E-state index contributed by atoms with van der Waals surface area (Å²) in [5.41, 5.74) is 2.04. The summed E-state index contributed by atoms with van der Waals surface area (Å²) in [5, 5.41) is 2.94. The molecule has 0 aromatic heterocycles. The Hall–Kier alpha value is -1.92. The van der Waals surface area contributed by atoms with Crippen LogP contribution in [0.2, 0.25) is 0 Å². The highest BCUT2D eigenvalue weighted by atomic mass is 16.2. The zero-order valence-corrected chi connectivity index (χ0v) is 17.3. The summed E-state index contributed by atoms with van der Waals surface area (Å²) in [6, 6.07) is 8.68. The Labute approximate surface area is 167 Å². The molecule has 1 atom stereocenters. The van der Waals surface area contributed by atoms with Gasteiger partial charge >= 0.3 is 6.03 Å². The van der Waals surface area contributed by atoms with E-state index in [2.05, 4.69) is 53.2 Å². The van der Waals surface area contributed by atoms with Gasteiger partial charge in [-0.15, -0.1) is 0 Å². The summed E-state index contributed by atoms with van der Waals surface area (Å²) in [5.74, 6) is 0.824. The van der Waals surface area contributed by atoms with Crippen LogP contribution in [0.4, 0.5) is 4.79 Å². The Kier molecular flexibility index (Phi) is 5.19. The average molecular weight is 385 g/mol. The van der Waals surface area contributed by atoms with E-state index in [1.807, 2.05) is 6.92 Å². The largest absolute Gasteiger partial charge is 0.326 e. The third kappa shape index (κ3) is 3.80. The van der Waals surface area contributed by atoms with Crippen molar-refractivity contribution in [3.05, 3.63) is 35.4 Å². The lowest BCUT2D eigenvalue weighted by Crippen LogP contribution is -2.51. The van der Waals surface area contributed by atoms with Crippen LogP contribution in [0.1, 0.15) is 50.7 Å². The molecule has 2 saturated heterocycles. The van der Waals surface area contributed by atoms with Crippen molar-refractivity contribution in [3.63, 3.8) is 0 Å². The predicted octanol–water partition coefficient (Wildman–Crippen LogP) is 2.61. The van der Waals surface area contributed by atoms with E-state index in [-0.39, 0.29) is 11.9 Å². The summed E-state index contributed by atoms with van der Waals surface area (Å²) in [7, 11) is 0. The number of piperazine rings is 1. The van der Waals surface area contributed by atoms with Crippen LogP contribution in [-0.2, 0) is 11.3 Å². The second kappa shape index (κ2) is 7.48. The second-order valence-electron chi connectivity index (χ2n) is 9.07. The monoisotopic (exact) mass is 384 g/mol. The molecule has 0 bridgehead atoms. The Morgan fingerprint density at radius 1 is 1.04 bits per heavy atom. The van der Waals surface area contributed by atoms with Gasteiger partial charge in [-0.25, -0.2) is 9.69 Å². The molecule has 4 rings (SSSR count). The molecule has 1 N–H and O–H groups in total. The highest BCUT2D eigenvalue weighted by molar-refractivity contribution is 6.07. The van der Waals surface area contributed by atoms with Crippen molar-refractivity contribution in [2.75, 3.05) is 32.8 Å². The second-order valence-corrected chi connectivity index (χ2v) is 9.07. The SMILES string of the molecule is CC(C)c1ccc(CN2CCN(CN3C(=O)N[C@](C)(C4CC4)C3=O)CC2)cc1. The van der Waals surface area contributed by atoms with Crippen LogP contribution in [0.5, 0.6) is 0 Å². The molecule has 28 heavy (non-hydrogen) atoms. The van der Waals surface area contributed by atoms with E-state index in [4.69, 9.17) is 0 Å². The molecule has 2 heterocycles. The number of imide groups is 1. The van der Waals surface area contributed by atoms with E-state index < -0.39 is 5.54 Å². The van der Waals surface area contributed by atoms with Gasteiger partial charge in [-0.3, -0.25) is 14.6 Å². The van der Waals surface area contributed by atoms with Gasteiger partial charge < -0.3 is 5.32 Å². The molecule has 6 nitrogen and oxygen atoms in total. The normalized spacial score (nSPS) is 26.9. The maximum atomic E-state index is 12.8. The van der Waals surface area contributed by atoms with Gasteiger partial charge in [0.05, 0.1) is 6.67 Å². The van der Waals surface area contributed by atoms with Gasteiger partial charge in [-0.05, 0) is 42.7 Å². The van der Waals surface area contributed by atoms with Gasteiger partial charge in [0.1, 0.15) is 5.54 Å². The molecule has 3 amide bonds. The molecule has 152 valence electrons. The van der Waals surface area contributed by atoms with E-state index in [0.717, 1.165) is 45.6 Å². The number of hydrogen-bond donors (Lipinski definition) is 1. The number of amides is 3. The summed E-state index contributed by atoms with van der Waals surface area (Å²) in [6.07, 6.45) is 2.07. The lowest BCUT2D eigenvalue weighted by atomic mass is 9.96. The van der Waals surface area contributed by atoms with Gasteiger partial charge in [-0.2, -0.15) is 0 Å². The van der Waals surface area contributed by atoms with Gasteiger partial charge in [0.2, 0.25) is 0 Å². The van der Waals surface area contributed by atoms with E-state index in [9.17, 15) is 9.59 Å². The van der Waals surface area contributed by atoms with Crippen LogP contribution in [0.3, 0.4) is 0 Å². The maximum absolute atomic E-state index is 12.8. The summed E-state index contributed by atoms with van der Waals surface area (Å²) in [4.78, 5) is 31.2. The first-order valence-corrected chi connectivity index (χ1v) is 10.5. The number of urea groups is 1. The average Bonchev–Trinajstić information content (AvgIpc) is 3.50. The van der Waals surface area contributed by atoms with Gasteiger partial charge in [0, 0.05) is 32.7 Å². The Morgan fingerprint density at radius 2 is 1.64 bits per heavy atom. The van der Waals surface area contributed by atoms with Crippen molar-refractivity contribution >= 4 is 11.9 Å². The van der Waals surface area contributed by atoms with Crippen LogP contribution in [0.15, 0.2) is 24.3 Å². The number of rotatable bonds is 6. The first-order chi connectivity index (χ1) is 13.4. The molecule has 3 fully saturated rings. The molecule has 0 unspecified atom stereocenters. The molecule has 1 saturated carbocycles. The standard InChI is InChI=1S/C22H32N4O2/c1-16(2)18-6-4-17(5-7-18)14-24-10-12-25(13-11-24)15-26-20(27)22(3,19-8-9-19)23-21(26)28/h4-7,16,19H,8-15H2,1-3H3,(H,23,28)/t22-/m1/s1. The quantitative estimate of drug-likeness (QED) is 0.766. The van der Waals surface area contributed by atoms with Gasteiger partial charge in [0.25, 0.3) is 5.91 Å². The highest BCUT2D eigenvalue weighted by Crippen LogP contribution is 2.42. The number of carbonyl (C=O) groups is 2. The molecule has 3 aliphatic rings. The van der Waals surface area contributed by atoms with Gasteiger partial charge in [0.15, 0.2) is 0 Å². The van der Waals surface area contributed by atoms with E-state index >= 15 is 0 Å². The number of benzene rings is 1. The fraction of sp³-hybridized carbons (Fsp3) is 0.636. The van der Waals surface area contributed by atoms with E-state index in [0.29, 0.717) is 18.5 Å². The lowest BCUT2D eigenvalue weighted by molar-refractivity contribution is -0.133. The molecule has 1 aromatic carbocycles. The smallest absolute Gasteiger partial charge is 0.323 e. The van der Waals surface area contributed by atoms with Crippen LogP contribution in [0.25, 0.3) is 0 Å². The minimum atomic E-state index is -0.680. The van der Waals surface area contributed by atoms with Crippen molar-refractivity contribution in [3.8, 4) is 0 Å². The minimum Gasteiger partial charge on any atom is -0.323 e. The first kappa shape index (κ1) is 19.4. The number of hydrogen-bond acceptors (Lipinski definition) is 4. The zero-order chi connectivity index (χ0) is 19.9. The van der Waals surface area contributed by atoms with E-state index in [1.54, 1.807) is 0 Å². The summed E-state index contributed by atoms with van der Waals surface area (Å²) in [6.45, 7) is 11.3. The Morgan fingerprint density at radius 3 is 2.21 bits per heavy atom. The van der Waals surface area contributed by atoms with Crippen LogP contribution >= 0.6 is 0 Å². The number of carbonyl (C=O) groups excluding carboxylic acids is 2. The van der Waals surface area contributed by atoms with Crippen molar-refractivity contribution in [1.29, 1.82) is 0 Å². The Bertz CT molecular complexity index is 735. The lowest BCUT2D eigenvalue weighted by Gasteiger charge is -2.36. The summed E-state index contributed by atoms with van der Waals surface area (Å²) >= 11 is 0.